The third kappa shape index (κ3) is 2.69. The Morgan fingerprint density at radius 1 is 1.26 bits per heavy atom. The van der Waals surface area contributed by atoms with Crippen LogP contribution in [0.25, 0.3) is 17.1 Å². The quantitative estimate of drug-likeness (QED) is 0.588. The van der Waals surface area contributed by atoms with Gasteiger partial charge in [-0.2, -0.15) is 5.10 Å². The highest BCUT2D eigenvalue weighted by atomic mass is 16.6. The van der Waals surface area contributed by atoms with Crippen molar-refractivity contribution in [3.8, 4) is 17.1 Å². The van der Waals surface area contributed by atoms with Crippen LogP contribution in [0, 0.1) is 10.1 Å². The van der Waals surface area contributed by atoms with Crippen molar-refractivity contribution in [2.45, 2.75) is 0 Å². The first-order chi connectivity index (χ1) is 11.1. The fourth-order valence-corrected chi connectivity index (χ4v) is 2.12. The van der Waals surface area contributed by atoms with Gasteiger partial charge in [-0.25, -0.2) is 4.68 Å². The van der Waals surface area contributed by atoms with Crippen LogP contribution in [0.3, 0.4) is 0 Å². The first-order valence-corrected chi connectivity index (χ1v) is 6.72. The highest BCUT2D eigenvalue weighted by Gasteiger charge is 2.22. The maximum absolute atomic E-state index is 12.1. The zero-order valence-corrected chi connectivity index (χ0v) is 12.1. The molecule has 0 aliphatic carbocycles. The van der Waals surface area contributed by atoms with Gasteiger partial charge in [0, 0.05) is 13.2 Å². The lowest BCUT2D eigenvalue weighted by atomic mass is 10.2. The van der Waals surface area contributed by atoms with E-state index >= 15 is 0 Å². The summed E-state index contributed by atoms with van der Waals surface area (Å²) in [6.07, 6.45) is 1.55. The summed E-state index contributed by atoms with van der Waals surface area (Å²) in [5.74, 6) is -0.608. The third-order valence-corrected chi connectivity index (χ3v) is 3.21. The lowest BCUT2D eigenvalue weighted by molar-refractivity contribution is -0.401. The molecule has 8 heteroatoms. The zero-order chi connectivity index (χ0) is 16.4. The predicted octanol–water partition coefficient (Wildman–Crippen LogP) is 2.40. The Labute approximate surface area is 130 Å². The number of nitro groups is 1. The Morgan fingerprint density at radius 3 is 2.61 bits per heavy atom. The monoisotopic (exact) mass is 312 g/mol. The summed E-state index contributed by atoms with van der Waals surface area (Å²) in [6.45, 7) is 0. The van der Waals surface area contributed by atoms with Gasteiger partial charge in [-0.3, -0.25) is 14.9 Å². The molecule has 1 aromatic carbocycles. The van der Waals surface area contributed by atoms with Crippen LogP contribution in [0.5, 0.6) is 0 Å². The first kappa shape index (κ1) is 14.5. The second-order valence-corrected chi connectivity index (χ2v) is 4.65. The topological polar surface area (TPSA) is 103 Å². The number of rotatable bonds is 4. The van der Waals surface area contributed by atoms with Gasteiger partial charge in [0.25, 0.3) is 5.91 Å². The van der Waals surface area contributed by atoms with E-state index in [1.807, 2.05) is 30.3 Å². The Hall–Kier alpha value is -3.42. The molecule has 0 fully saturated rings. The Morgan fingerprint density at radius 2 is 2.00 bits per heavy atom. The summed E-state index contributed by atoms with van der Waals surface area (Å²) < 4.78 is 6.68. The van der Waals surface area contributed by atoms with E-state index in [4.69, 9.17) is 4.42 Å². The second-order valence-electron chi connectivity index (χ2n) is 4.65. The Kier molecular flexibility index (Phi) is 3.63. The highest BCUT2D eigenvalue weighted by Crippen LogP contribution is 2.28. The molecule has 0 saturated heterocycles. The summed E-state index contributed by atoms with van der Waals surface area (Å²) in [4.78, 5) is 22.2. The van der Waals surface area contributed by atoms with Crippen LogP contribution >= 0.6 is 0 Å². The maximum Gasteiger partial charge on any atom is 0.433 e. The van der Waals surface area contributed by atoms with Crippen LogP contribution in [0.15, 0.2) is 53.1 Å². The third-order valence-electron chi connectivity index (χ3n) is 3.21. The number of hydrogen-bond donors (Lipinski definition) is 1. The van der Waals surface area contributed by atoms with E-state index in [2.05, 4.69) is 10.4 Å². The van der Waals surface area contributed by atoms with Crippen molar-refractivity contribution in [1.82, 2.24) is 15.1 Å². The largest absolute Gasteiger partial charge is 0.433 e. The minimum atomic E-state index is -0.642. The summed E-state index contributed by atoms with van der Waals surface area (Å²) in [5, 5.41) is 17.6. The van der Waals surface area contributed by atoms with E-state index in [1.165, 1.54) is 23.9 Å². The van der Waals surface area contributed by atoms with Gasteiger partial charge in [0.1, 0.15) is 10.6 Å². The fourth-order valence-electron chi connectivity index (χ4n) is 2.12. The van der Waals surface area contributed by atoms with Crippen LogP contribution in [-0.4, -0.2) is 27.7 Å². The van der Waals surface area contributed by atoms with E-state index < -0.39 is 10.8 Å². The number of benzene rings is 1. The SMILES string of the molecule is CNC(=O)c1cn(-c2ccccc2)nc1-c1ccc([N+](=O)[O-])o1. The Bertz CT molecular complexity index is 867. The van der Waals surface area contributed by atoms with Gasteiger partial charge < -0.3 is 9.73 Å². The van der Waals surface area contributed by atoms with Crippen molar-refractivity contribution in [2.24, 2.45) is 0 Å². The molecule has 0 atom stereocenters. The normalized spacial score (nSPS) is 10.5. The van der Waals surface area contributed by atoms with Crippen LogP contribution in [-0.2, 0) is 0 Å². The number of nitrogens with zero attached hydrogens (tertiary/aromatic N) is 3. The van der Waals surface area contributed by atoms with Crippen molar-refractivity contribution in [1.29, 1.82) is 0 Å². The molecular formula is C15H12N4O4. The summed E-state index contributed by atoms with van der Waals surface area (Å²) in [7, 11) is 1.50. The van der Waals surface area contributed by atoms with E-state index in [1.54, 1.807) is 6.20 Å². The molecule has 0 aliphatic heterocycles. The molecule has 1 amide bonds. The summed E-state index contributed by atoms with van der Waals surface area (Å²) >= 11 is 0. The average molecular weight is 312 g/mol. The van der Waals surface area contributed by atoms with Crippen LogP contribution in [0.1, 0.15) is 10.4 Å². The smallest absolute Gasteiger partial charge is 0.399 e. The number of aromatic nitrogens is 2. The second kappa shape index (κ2) is 5.76. The molecule has 0 unspecified atom stereocenters. The molecule has 3 aromatic rings. The Balaban J connectivity index is 2.12. The summed E-state index contributed by atoms with van der Waals surface area (Å²) in [6, 6.07) is 11.8. The van der Waals surface area contributed by atoms with Crippen molar-refractivity contribution >= 4 is 11.8 Å². The van der Waals surface area contributed by atoms with E-state index in [0.29, 0.717) is 0 Å². The molecule has 0 bridgehead atoms. The number of nitrogens with one attached hydrogen (secondary N) is 1. The van der Waals surface area contributed by atoms with Crippen molar-refractivity contribution in [2.75, 3.05) is 7.05 Å². The summed E-state index contributed by atoms with van der Waals surface area (Å²) in [5.41, 5.74) is 1.26. The fraction of sp³-hybridized carbons (Fsp3) is 0.0667. The molecule has 8 nitrogen and oxygen atoms in total. The molecule has 23 heavy (non-hydrogen) atoms. The van der Waals surface area contributed by atoms with Crippen molar-refractivity contribution in [3.05, 3.63) is 64.3 Å². The standard InChI is InChI=1S/C15H12N4O4/c1-16-15(20)11-9-18(10-5-3-2-4-6-10)17-14(11)12-7-8-13(23-12)19(21)22/h2-9H,1H3,(H,16,20). The minimum absolute atomic E-state index is 0.157. The molecule has 0 radical (unpaired) electrons. The molecule has 0 saturated carbocycles. The van der Waals surface area contributed by atoms with Gasteiger partial charge in [-0.1, -0.05) is 18.2 Å². The minimum Gasteiger partial charge on any atom is -0.399 e. The number of para-hydroxylation sites is 1. The van der Waals surface area contributed by atoms with Gasteiger partial charge in [0.05, 0.1) is 17.3 Å². The van der Waals surface area contributed by atoms with E-state index in [9.17, 15) is 14.9 Å². The van der Waals surface area contributed by atoms with Crippen LogP contribution < -0.4 is 5.32 Å². The molecule has 3 rings (SSSR count). The van der Waals surface area contributed by atoms with Crippen LogP contribution in [0.2, 0.25) is 0 Å². The average Bonchev–Trinajstić information content (AvgIpc) is 3.21. The first-order valence-electron chi connectivity index (χ1n) is 6.72. The number of amides is 1. The molecule has 116 valence electrons. The molecule has 0 aliphatic rings. The van der Waals surface area contributed by atoms with Gasteiger partial charge >= 0.3 is 5.88 Å². The number of carbonyl (C=O) groups is 1. The van der Waals surface area contributed by atoms with Crippen molar-refractivity contribution < 1.29 is 14.1 Å². The van der Waals surface area contributed by atoms with Gasteiger partial charge in [0.15, 0.2) is 5.76 Å². The van der Waals surface area contributed by atoms with Crippen molar-refractivity contribution in [3.63, 3.8) is 0 Å². The molecule has 0 spiro atoms. The van der Waals surface area contributed by atoms with Gasteiger partial charge in [-0.05, 0) is 18.2 Å². The predicted molar refractivity (Wildman–Crippen MR) is 81.3 cm³/mol. The molecule has 1 N–H and O–H groups in total. The van der Waals surface area contributed by atoms with E-state index in [0.717, 1.165) is 5.69 Å². The number of hydrogen-bond acceptors (Lipinski definition) is 5. The maximum atomic E-state index is 12.1. The molecule has 2 heterocycles. The highest BCUT2D eigenvalue weighted by molar-refractivity contribution is 5.99. The molecule has 2 aromatic heterocycles. The molecular weight excluding hydrogens is 300 g/mol. The number of furan rings is 1. The van der Waals surface area contributed by atoms with Gasteiger partial charge in [0.2, 0.25) is 0 Å². The lowest BCUT2D eigenvalue weighted by Gasteiger charge is -1.98. The zero-order valence-electron chi connectivity index (χ0n) is 12.1. The van der Waals surface area contributed by atoms with Crippen LogP contribution in [0.4, 0.5) is 5.88 Å². The van der Waals surface area contributed by atoms with E-state index in [-0.39, 0.29) is 22.9 Å². The number of carbonyl (C=O) groups excluding carboxylic acids is 1. The lowest BCUT2D eigenvalue weighted by Crippen LogP contribution is -2.17. The van der Waals surface area contributed by atoms with Gasteiger partial charge in [-0.15, -0.1) is 0 Å².